The predicted molar refractivity (Wildman–Crippen MR) is 175 cm³/mol. The fraction of sp³-hybridized carbons (Fsp3) is 0.243. The van der Waals surface area contributed by atoms with Crippen molar-refractivity contribution in [1.82, 2.24) is 24.1 Å². The second-order valence-corrected chi connectivity index (χ2v) is 12.1. The number of carbonyl (C=O) groups is 1. The van der Waals surface area contributed by atoms with Gasteiger partial charge < -0.3 is 28.5 Å². The third-order valence-electron chi connectivity index (χ3n) is 8.95. The van der Waals surface area contributed by atoms with Crippen molar-refractivity contribution in [3.05, 3.63) is 119 Å². The van der Waals surface area contributed by atoms with Crippen LogP contribution in [0, 0.1) is 5.95 Å². The van der Waals surface area contributed by atoms with Crippen LogP contribution < -0.4 is 9.47 Å². The molecule has 48 heavy (non-hydrogen) atoms. The fourth-order valence-corrected chi connectivity index (χ4v) is 6.28. The molecule has 1 atom stereocenters. The Bertz CT molecular complexity index is 2150. The highest BCUT2D eigenvalue weighted by Crippen LogP contribution is 2.32. The Labute approximate surface area is 275 Å². The van der Waals surface area contributed by atoms with Crippen LogP contribution in [0.2, 0.25) is 0 Å². The van der Waals surface area contributed by atoms with Gasteiger partial charge in [-0.25, -0.2) is 19.7 Å². The second-order valence-electron chi connectivity index (χ2n) is 12.1. The van der Waals surface area contributed by atoms with Crippen molar-refractivity contribution in [3.8, 4) is 28.6 Å². The molecule has 0 spiro atoms. The molecular weight excluding hydrogens is 613 g/mol. The van der Waals surface area contributed by atoms with Crippen molar-refractivity contribution in [2.24, 2.45) is 0 Å². The van der Waals surface area contributed by atoms with Gasteiger partial charge in [0.1, 0.15) is 24.5 Å². The highest BCUT2D eigenvalue weighted by atomic mass is 19.1. The molecule has 8 rings (SSSR count). The molecule has 4 bridgehead atoms. The summed E-state index contributed by atoms with van der Waals surface area (Å²) in [5.41, 5.74) is 7.23. The van der Waals surface area contributed by atoms with Gasteiger partial charge >= 0.3 is 5.97 Å². The van der Waals surface area contributed by atoms with E-state index in [1.165, 1.54) is 12.5 Å². The lowest BCUT2D eigenvalue weighted by Crippen LogP contribution is -2.31. The first-order valence-electron chi connectivity index (χ1n) is 16.0. The maximum absolute atomic E-state index is 13.7. The number of halogens is 1. The lowest BCUT2D eigenvalue weighted by atomic mass is 10.0. The Morgan fingerprint density at radius 2 is 1.90 bits per heavy atom. The summed E-state index contributed by atoms with van der Waals surface area (Å²) < 4.78 is 35.9. The summed E-state index contributed by atoms with van der Waals surface area (Å²) >= 11 is 0. The van der Waals surface area contributed by atoms with Crippen LogP contribution in [0.15, 0.2) is 85.3 Å². The Morgan fingerprint density at radius 3 is 2.71 bits per heavy atom. The smallest absolute Gasteiger partial charge is 0.335 e. The van der Waals surface area contributed by atoms with E-state index < -0.39 is 11.9 Å². The van der Waals surface area contributed by atoms with E-state index in [1.807, 2.05) is 54.6 Å². The molecule has 0 saturated carbocycles. The number of imidazole rings is 2. The minimum atomic E-state index is -0.977. The van der Waals surface area contributed by atoms with Crippen LogP contribution in [-0.4, -0.2) is 54.5 Å². The molecule has 0 amide bonds. The maximum atomic E-state index is 13.7. The van der Waals surface area contributed by atoms with Gasteiger partial charge in [0.2, 0.25) is 11.8 Å². The molecule has 3 aromatic heterocycles. The van der Waals surface area contributed by atoms with E-state index in [4.69, 9.17) is 24.2 Å². The topological polar surface area (TPSA) is 114 Å². The van der Waals surface area contributed by atoms with Crippen molar-refractivity contribution in [3.63, 3.8) is 0 Å². The molecule has 0 radical (unpaired) electrons. The van der Waals surface area contributed by atoms with Gasteiger partial charge in [-0.05, 0) is 72.9 Å². The van der Waals surface area contributed by atoms with E-state index in [0.29, 0.717) is 32.1 Å². The quantitative estimate of drug-likeness (QED) is 0.221. The highest BCUT2D eigenvalue weighted by Gasteiger charge is 2.23. The molecule has 1 saturated heterocycles. The molecule has 3 aromatic carbocycles. The lowest BCUT2D eigenvalue weighted by molar-refractivity contribution is -0.0589. The number of carboxylic acid groups (broad SMARTS) is 1. The Morgan fingerprint density at radius 1 is 0.979 bits per heavy atom. The number of carboxylic acids is 1. The summed E-state index contributed by atoms with van der Waals surface area (Å²) in [5, 5.41) is 9.65. The van der Waals surface area contributed by atoms with Crippen LogP contribution in [0.3, 0.4) is 0 Å². The first-order chi connectivity index (χ1) is 23.5. The number of fused-ring (bicyclic) bond motifs is 7. The Kier molecular flexibility index (Phi) is 7.81. The van der Waals surface area contributed by atoms with Crippen molar-refractivity contribution >= 4 is 17.0 Å². The van der Waals surface area contributed by atoms with Gasteiger partial charge in [-0.3, -0.25) is 0 Å². The summed E-state index contributed by atoms with van der Waals surface area (Å²) in [7, 11) is 0. The molecule has 2 aliphatic rings. The SMILES string of the molecule is O=C(O)c1ccc2nc(Cc3ccc4cc3OCCCc3cc(-n5cnc(F)c5)ccc3COc3cccc-4n3)n(C[C@@H]3CCO3)c2c1. The molecule has 1 fully saturated rings. The lowest BCUT2D eigenvalue weighted by Gasteiger charge is -2.27. The molecule has 0 unspecified atom stereocenters. The third-order valence-corrected chi connectivity index (χ3v) is 8.95. The van der Waals surface area contributed by atoms with Gasteiger partial charge in [0.05, 0.1) is 47.7 Å². The zero-order valence-corrected chi connectivity index (χ0v) is 26.0. The summed E-state index contributed by atoms with van der Waals surface area (Å²) in [4.78, 5) is 25.2. The monoisotopic (exact) mass is 645 g/mol. The van der Waals surface area contributed by atoms with E-state index >= 15 is 0 Å². The van der Waals surface area contributed by atoms with Crippen LogP contribution in [0.5, 0.6) is 11.6 Å². The van der Waals surface area contributed by atoms with E-state index in [9.17, 15) is 14.3 Å². The number of nitrogens with zero attached hydrogens (tertiary/aromatic N) is 5. The van der Waals surface area contributed by atoms with Gasteiger partial charge in [0.15, 0.2) is 0 Å². The maximum Gasteiger partial charge on any atom is 0.335 e. The first kappa shape index (κ1) is 29.8. The fourth-order valence-electron chi connectivity index (χ4n) is 6.28. The number of aromatic nitrogens is 5. The van der Waals surface area contributed by atoms with Gasteiger partial charge in [-0.2, -0.15) is 4.39 Å². The number of pyridine rings is 1. The summed E-state index contributed by atoms with van der Waals surface area (Å²) in [6.07, 6.45) is 5.74. The molecule has 1 N–H and O–H groups in total. The molecule has 242 valence electrons. The first-order valence-corrected chi connectivity index (χ1v) is 16.0. The summed E-state index contributed by atoms with van der Waals surface area (Å²) in [5.74, 6) is 0.532. The van der Waals surface area contributed by atoms with Gasteiger partial charge in [0.25, 0.3) is 0 Å². The van der Waals surface area contributed by atoms with E-state index in [2.05, 4.69) is 9.55 Å². The highest BCUT2D eigenvalue weighted by molar-refractivity contribution is 5.92. The van der Waals surface area contributed by atoms with Gasteiger partial charge in [-0.15, -0.1) is 0 Å². The van der Waals surface area contributed by atoms with Crippen molar-refractivity contribution in [2.45, 2.75) is 44.9 Å². The summed E-state index contributed by atoms with van der Waals surface area (Å²) in [6.45, 7) is 2.12. The minimum Gasteiger partial charge on any atom is -0.493 e. The van der Waals surface area contributed by atoms with Crippen LogP contribution in [0.25, 0.3) is 28.0 Å². The van der Waals surface area contributed by atoms with Gasteiger partial charge in [-0.1, -0.05) is 24.3 Å². The number of ether oxygens (including phenoxy) is 3. The van der Waals surface area contributed by atoms with Crippen LogP contribution in [0.4, 0.5) is 4.39 Å². The Hall–Kier alpha value is -5.55. The Balaban J connectivity index is 1.13. The van der Waals surface area contributed by atoms with Crippen molar-refractivity contribution < 1.29 is 28.5 Å². The van der Waals surface area contributed by atoms with Crippen LogP contribution in [0.1, 0.15) is 45.7 Å². The molecule has 0 aliphatic carbocycles. The average molecular weight is 646 g/mol. The molecule has 11 heteroatoms. The molecule has 2 aliphatic heterocycles. The number of hydrogen-bond donors (Lipinski definition) is 1. The van der Waals surface area contributed by atoms with E-state index in [0.717, 1.165) is 82.1 Å². The summed E-state index contributed by atoms with van der Waals surface area (Å²) in [6, 6.07) is 22.8. The van der Waals surface area contributed by atoms with E-state index in [1.54, 1.807) is 22.8 Å². The average Bonchev–Trinajstić information content (AvgIpc) is 3.66. The van der Waals surface area contributed by atoms with Crippen molar-refractivity contribution in [2.75, 3.05) is 13.2 Å². The standard InChI is InChI=1S/C37H32FN5O5/c38-34-20-42(22-39-34)28-10-8-27-21-48-36-5-1-4-30(41-36)24-6-7-25(33(17-24)47-13-2-3-23(27)15-28)18-35-40-31-11-9-26(37(44)45)16-32(31)43(35)19-29-12-14-46-29/h1,4-11,15-17,20,22,29H,2-3,12-14,18-19,21H2,(H,44,45)/t29-/m0/s1. The molecule has 5 heterocycles. The normalized spacial score (nSPS) is 15.9. The van der Waals surface area contributed by atoms with Crippen LogP contribution in [-0.2, 0) is 30.7 Å². The largest absolute Gasteiger partial charge is 0.493 e. The zero-order chi connectivity index (χ0) is 32.6. The molecular formula is C37H32FN5O5. The third kappa shape index (κ3) is 6.00. The molecule has 6 aromatic rings. The van der Waals surface area contributed by atoms with Crippen molar-refractivity contribution in [1.29, 1.82) is 0 Å². The number of benzene rings is 3. The van der Waals surface area contributed by atoms with Gasteiger partial charge in [0, 0.05) is 35.9 Å². The zero-order valence-electron chi connectivity index (χ0n) is 26.0. The minimum absolute atomic E-state index is 0.0584. The number of aryl methyl sites for hydroxylation is 1. The number of rotatable bonds is 6. The second kappa shape index (κ2) is 12.6. The predicted octanol–water partition coefficient (Wildman–Crippen LogP) is 6.41. The van der Waals surface area contributed by atoms with Crippen LogP contribution >= 0.6 is 0 Å². The molecule has 10 nitrogen and oxygen atoms in total. The number of hydrogen-bond acceptors (Lipinski definition) is 7. The van der Waals surface area contributed by atoms with E-state index in [-0.39, 0.29) is 11.7 Å². The number of aromatic carboxylic acids is 1.